The molecule has 1 aromatic heterocycles. The smallest absolute Gasteiger partial charge is 0.236 e. The summed E-state index contributed by atoms with van der Waals surface area (Å²) in [6.45, 7) is 1.94. The van der Waals surface area contributed by atoms with Crippen LogP contribution in [-0.2, 0) is 11.3 Å². The van der Waals surface area contributed by atoms with E-state index in [1.165, 1.54) is 0 Å². The number of hydrogen-bond donors (Lipinski definition) is 0. The fourth-order valence-corrected chi connectivity index (χ4v) is 3.43. The van der Waals surface area contributed by atoms with Gasteiger partial charge < -0.3 is 9.42 Å². The van der Waals surface area contributed by atoms with Crippen LogP contribution in [0.25, 0.3) is 0 Å². The predicted octanol–water partition coefficient (Wildman–Crippen LogP) is 2.74. The van der Waals surface area contributed by atoms with Crippen LogP contribution in [0.3, 0.4) is 0 Å². The van der Waals surface area contributed by atoms with Crippen molar-refractivity contribution in [1.82, 2.24) is 19.9 Å². The number of likely N-dealkylation sites (tertiary alicyclic amines) is 1. The van der Waals surface area contributed by atoms with E-state index in [4.69, 9.17) is 4.52 Å². The lowest BCUT2D eigenvalue weighted by atomic mass is 10.2. The monoisotopic (exact) mass is 340 g/mol. The first-order valence-corrected chi connectivity index (χ1v) is 9.06. The molecule has 132 valence electrons. The van der Waals surface area contributed by atoms with E-state index in [1.807, 2.05) is 37.4 Å². The summed E-state index contributed by atoms with van der Waals surface area (Å²) in [5, 5.41) is 4.18. The highest BCUT2D eigenvalue weighted by atomic mass is 16.5. The third-order valence-corrected chi connectivity index (χ3v) is 5.07. The molecule has 1 aliphatic carbocycles. The Morgan fingerprint density at radius 2 is 2.08 bits per heavy atom. The maximum atomic E-state index is 12.6. The van der Waals surface area contributed by atoms with Crippen LogP contribution in [0.4, 0.5) is 0 Å². The zero-order chi connectivity index (χ0) is 17.2. The first-order chi connectivity index (χ1) is 12.2. The van der Waals surface area contributed by atoms with Crippen molar-refractivity contribution >= 4 is 5.91 Å². The van der Waals surface area contributed by atoms with Crippen LogP contribution < -0.4 is 0 Å². The van der Waals surface area contributed by atoms with E-state index in [1.54, 1.807) is 4.90 Å². The van der Waals surface area contributed by atoms with Gasteiger partial charge in [0.15, 0.2) is 5.82 Å². The van der Waals surface area contributed by atoms with Gasteiger partial charge in [-0.1, -0.05) is 35.5 Å². The summed E-state index contributed by atoms with van der Waals surface area (Å²) in [7, 11) is 1.86. The summed E-state index contributed by atoms with van der Waals surface area (Å²) in [6.07, 6.45) is 4.35. The normalized spacial score (nSPS) is 20.8. The van der Waals surface area contributed by atoms with Gasteiger partial charge in [0.2, 0.25) is 11.8 Å². The summed E-state index contributed by atoms with van der Waals surface area (Å²) in [5.41, 5.74) is 1.14. The zero-order valence-electron chi connectivity index (χ0n) is 14.6. The Morgan fingerprint density at radius 3 is 2.84 bits per heavy atom. The van der Waals surface area contributed by atoms with Crippen molar-refractivity contribution in [2.24, 2.45) is 0 Å². The number of likely N-dealkylation sites (N-methyl/N-ethyl adjacent to an activating group) is 1. The van der Waals surface area contributed by atoms with Gasteiger partial charge in [0.1, 0.15) is 0 Å². The Balaban J connectivity index is 1.37. The highest BCUT2D eigenvalue weighted by molar-refractivity contribution is 5.78. The fraction of sp³-hybridized carbons (Fsp3) is 0.526. The minimum absolute atomic E-state index is 0.102. The quantitative estimate of drug-likeness (QED) is 0.809. The van der Waals surface area contributed by atoms with Crippen molar-refractivity contribution in [3.05, 3.63) is 47.6 Å². The number of carbonyl (C=O) groups is 1. The van der Waals surface area contributed by atoms with Crippen molar-refractivity contribution in [1.29, 1.82) is 0 Å². The molecular formula is C19H24N4O2. The average Bonchev–Trinajstić information content (AvgIpc) is 3.17. The number of nitrogens with zero attached hydrogens (tertiary/aromatic N) is 4. The molecule has 4 rings (SSSR count). The van der Waals surface area contributed by atoms with E-state index in [-0.39, 0.29) is 11.9 Å². The van der Waals surface area contributed by atoms with Crippen LogP contribution in [0.1, 0.15) is 54.9 Å². The van der Waals surface area contributed by atoms with Crippen LogP contribution in [0.5, 0.6) is 0 Å². The van der Waals surface area contributed by atoms with Crippen LogP contribution in [0.15, 0.2) is 34.9 Å². The first kappa shape index (κ1) is 16.3. The molecule has 0 spiro atoms. The van der Waals surface area contributed by atoms with Gasteiger partial charge in [-0.05, 0) is 37.8 Å². The molecule has 1 aliphatic heterocycles. The highest BCUT2D eigenvalue weighted by Crippen LogP contribution is 2.40. The molecule has 25 heavy (non-hydrogen) atoms. The van der Waals surface area contributed by atoms with Crippen molar-refractivity contribution in [2.75, 3.05) is 20.1 Å². The van der Waals surface area contributed by atoms with Crippen molar-refractivity contribution in [3.63, 3.8) is 0 Å². The zero-order valence-corrected chi connectivity index (χ0v) is 14.6. The van der Waals surface area contributed by atoms with Gasteiger partial charge in [0.05, 0.1) is 12.6 Å². The van der Waals surface area contributed by atoms with E-state index in [0.717, 1.165) is 49.5 Å². The standard InChI is InChI=1S/C19H24N4O2/c1-22(12-14-6-3-2-4-7-14)17(24)13-23-11-5-8-16(23)18-20-19(25-21-18)15-9-10-15/h2-4,6-7,15-16H,5,8-13H2,1H3. The minimum atomic E-state index is 0.102. The van der Waals surface area contributed by atoms with Crippen LogP contribution in [-0.4, -0.2) is 46.0 Å². The maximum Gasteiger partial charge on any atom is 0.236 e. The second-order valence-corrected chi connectivity index (χ2v) is 7.13. The lowest BCUT2D eigenvalue weighted by Crippen LogP contribution is -2.38. The molecule has 1 saturated heterocycles. The molecule has 1 atom stereocenters. The Kier molecular flexibility index (Phi) is 4.53. The number of rotatable bonds is 6. The van der Waals surface area contributed by atoms with E-state index < -0.39 is 0 Å². The van der Waals surface area contributed by atoms with Gasteiger partial charge in [-0.3, -0.25) is 9.69 Å². The second kappa shape index (κ2) is 6.96. The molecule has 2 fully saturated rings. The van der Waals surface area contributed by atoms with Gasteiger partial charge in [-0.15, -0.1) is 0 Å². The van der Waals surface area contributed by atoms with Gasteiger partial charge in [0.25, 0.3) is 0 Å². The molecule has 1 amide bonds. The molecule has 1 saturated carbocycles. The van der Waals surface area contributed by atoms with Gasteiger partial charge in [-0.25, -0.2) is 0 Å². The molecule has 2 aliphatic rings. The SMILES string of the molecule is CN(Cc1ccccc1)C(=O)CN1CCCC1c1noc(C2CC2)n1. The molecule has 6 heteroatoms. The van der Waals surface area contributed by atoms with E-state index in [9.17, 15) is 4.79 Å². The molecular weight excluding hydrogens is 316 g/mol. The number of carbonyl (C=O) groups excluding carboxylic acids is 1. The molecule has 2 heterocycles. The van der Waals surface area contributed by atoms with Crippen LogP contribution in [0, 0.1) is 0 Å². The second-order valence-electron chi connectivity index (χ2n) is 7.13. The molecule has 0 radical (unpaired) electrons. The molecule has 6 nitrogen and oxygen atoms in total. The first-order valence-electron chi connectivity index (χ1n) is 9.06. The minimum Gasteiger partial charge on any atom is -0.340 e. The van der Waals surface area contributed by atoms with E-state index >= 15 is 0 Å². The molecule has 0 N–H and O–H groups in total. The summed E-state index contributed by atoms with van der Waals surface area (Å²) in [6, 6.07) is 10.2. The number of aromatic nitrogens is 2. The molecule has 2 aromatic rings. The summed E-state index contributed by atoms with van der Waals surface area (Å²) in [5.74, 6) is 2.11. The third kappa shape index (κ3) is 3.74. The van der Waals surface area contributed by atoms with E-state index in [0.29, 0.717) is 19.0 Å². The van der Waals surface area contributed by atoms with Gasteiger partial charge in [-0.2, -0.15) is 4.98 Å². The summed E-state index contributed by atoms with van der Waals surface area (Å²) < 4.78 is 5.40. The van der Waals surface area contributed by atoms with Crippen LogP contribution in [0.2, 0.25) is 0 Å². The number of amides is 1. The van der Waals surface area contributed by atoms with Gasteiger partial charge >= 0.3 is 0 Å². The lowest BCUT2D eigenvalue weighted by Gasteiger charge is -2.25. The Hall–Kier alpha value is -2.21. The topological polar surface area (TPSA) is 62.5 Å². The van der Waals surface area contributed by atoms with Gasteiger partial charge in [0, 0.05) is 19.5 Å². The molecule has 1 unspecified atom stereocenters. The van der Waals surface area contributed by atoms with Crippen molar-refractivity contribution in [2.45, 2.75) is 44.2 Å². The fourth-order valence-electron chi connectivity index (χ4n) is 3.43. The predicted molar refractivity (Wildman–Crippen MR) is 92.7 cm³/mol. The van der Waals surface area contributed by atoms with Crippen molar-refractivity contribution < 1.29 is 9.32 Å². The lowest BCUT2D eigenvalue weighted by molar-refractivity contribution is -0.131. The van der Waals surface area contributed by atoms with Crippen molar-refractivity contribution in [3.8, 4) is 0 Å². The van der Waals surface area contributed by atoms with E-state index in [2.05, 4.69) is 15.0 Å². The van der Waals surface area contributed by atoms with Crippen LogP contribution >= 0.6 is 0 Å². The Bertz CT molecular complexity index is 726. The average molecular weight is 340 g/mol. The maximum absolute atomic E-state index is 12.6. The third-order valence-electron chi connectivity index (χ3n) is 5.07. The molecule has 1 aromatic carbocycles. The highest BCUT2D eigenvalue weighted by Gasteiger charge is 2.35. The largest absolute Gasteiger partial charge is 0.340 e. The Morgan fingerprint density at radius 1 is 1.28 bits per heavy atom. The Labute approximate surface area is 147 Å². The number of hydrogen-bond acceptors (Lipinski definition) is 5. The molecule has 0 bridgehead atoms. The summed E-state index contributed by atoms with van der Waals surface area (Å²) in [4.78, 5) is 21.2. The number of benzene rings is 1. The summed E-state index contributed by atoms with van der Waals surface area (Å²) >= 11 is 0.